The zero-order chi connectivity index (χ0) is 17.6. The highest BCUT2D eigenvalue weighted by molar-refractivity contribution is 5.83. The van der Waals surface area contributed by atoms with Crippen molar-refractivity contribution in [3.8, 4) is 0 Å². The average Bonchev–Trinajstić information content (AvgIpc) is 2.44. The first-order valence-corrected chi connectivity index (χ1v) is 7.07. The van der Waals surface area contributed by atoms with Crippen LogP contribution in [0.1, 0.15) is 26.7 Å². The number of carbonyl (C=O) groups excluding carboxylic acids is 1. The van der Waals surface area contributed by atoms with Crippen LogP contribution in [0.25, 0.3) is 0 Å². The summed E-state index contributed by atoms with van der Waals surface area (Å²) in [5, 5.41) is 22.1. The van der Waals surface area contributed by atoms with E-state index in [9.17, 15) is 24.5 Å². The zero-order valence-corrected chi connectivity index (χ0v) is 12.9. The Kier molecular flexibility index (Phi) is 6.43. The summed E-state index contributed by atoms with van der Waals surface area (Å²) in [4.78, 5) is 44.5. The number of aryl methyl sites for hydroxylation is 1. The van der Waals surface area contributed by atoms with Gasteiger partial charge in [0.1, 0.15) is 6.04 Å². The van der Waals surface area contributed by atoms with E-state index in [-0.39, 0.29) is 31.0 Å². The molecule has 0 aliphatic heterocycles. The van der Waals surface area contributed by atoms with Crippen LogP contribution in [-0.4, -0.2) is 32.5 Å². The summed E-state index contributed by atoms with van der Waals surface area (Å²) in [6.45, 7) is 3.61. The first-order chi connectivity index (χ1) is 10.7. The largest absolute Gasteiger partial charge is 0.480 e. The zero-order valence-electron chi connectivity index (χ0n) is 12.9. The number of hydrogen-bond donors (Lipinski definition) is 2. The molecule has 0 radical (unpaired) electrons. The van der Waals surface area contributed by atoms with Gasteiger partial charge in [-0.2, -0.15) is 0 Å². The lowest BCUT2D eigenvalue weighted by molar-refractivity contribution is -0.385. The van der Waals surface area contributed by atoms with Gasteiger partial charge in [-0.25, -0.2) is 4.79 Å². The third-order valence-electron chi connectivity index (χ3n) is 3.10. The van der Waals surface area contributed by atoms with E-state index >= 15 is 0 Å². The summed E-state index contributed by atoms with van der Waals surface area (Å²) in [7, 11) is 0. The molecule has 9 heteroatoms. The molecule has 0 bridgehead atoms. The fraction of sp³-hybridized carbons (Fsp3) is 0.500. The third kappa shape index (κ3) is 5.89. The summed E-state index contributed by atoms with van der Waals surface area (Å²) in [5.74, 6) is -1.56. The van der Waals surface area contributed by atoms with Gasteiger partial charge in [0.25, 0.3) is 11.2 Å². The van der Waals surface area contributed by atoms with Gasteiger partial charge in [0, 0.05) is 25.1 Å². The predicted molar refractivity (Wildman–Crippen MR) is 81.0 cm³/mol. The van der Waals surface area contributed by atoms with Crippen LogP contribution in [0.4, 0.5) is 5.69 Å². The number of aromatic nitrogens is 1. The van der Waals surface area contributed by atoms with Crippen molar-refractivity contribution in [2.45, 2.75) is 39.3 Å². The van der Waals surface area contributed by atoms with Crippen LogP contribution in [-0.2, 0) is 16.1 Å². The van der Waals surface area contributed by atoms with E-state index in [0.717, 1.165) is 22.9 Å². The molecule has 23 heavy (non-hydrogen) atoms. The summed E-state index contributed by atoms with van der Waals surface area (Å²) >= 11 is 0. The summed E-state index contributed by atoms with van der Waals surface area (Å²) in [6, 6.07) is 1.14. The van der Waals surface area contributed by atoms with Crippen LogP contribution in [0.3, 0.4) is 0 Å². The molecular weight excluding hydrogens is 306 g/mol. The average molecular weight is 325 g/mol. The van der Waals surface area contributed by atoms with Gasteiger partial charge in [-0.1, -0.05) is 13.8 Å². The van der Waals surface area contributed by atoms with Crippen molar-refractivity contribution >= 4 is 17.6 Å². The van der Waals surface area contributed by atoms with E-state index in [2.05, 4.69) is 5.32 Å². The minimum Gasteiger partial charge on any atom is -0.480 e. The lowest BCUT2D eigenvalue weighted by Gasteiger charge is -2.16. The molecule has 1 aromatic rings. The monoisotopic (exact) mass is 325 g/mol. The Bertz CT molecular complexity index is 652. The number of nitro groups is 1. The Morgan fingerprint density at radius 3 is 2.57 bits per heavy atom. The second kappa shape index (κ2) is 8.06. The van der Waals surface area contributed by atoms with Crippen LogP contribution < -0.4 is 10.9 Å². The molecular formula is C14H19N3O6. The molecule has 0 aromatic carbocycles. The van der Waals surface area contributed by atoms with E-state index in [4.69, 9.17) is 5.11 Å². The third-order valence-corrected chi connectivity index (χ3v) is 3.10. The Hall–Kier alpha value is -2.71. The molecule has 1 heterocycles. The lowest BCUT2D eigenvalue weighted by Crippen LogP contribution is -2.42. The number of hydrogen-bond acceptors (Lipinski definition) is 5. The van der Waals surface area contributed by atoms with Gasteiger partial charge in [0.2, 0.25) is 5.91 Å². The Morgan fingerprint density at radius 1 is 1.39 bits per heavy atom. The number of carbonyl (C=O) groups is 2. The van der Waals surface area contributed by atoms with Crippen molar-refractivity contribution in [3.63, 3.8) is 0 Å². The molecule has 1 aromatic heterocycles. The van der Waals surface area contributed by atoms with E-state index in [0.29, 0.717) is 0 Å². The first-order valence-electron chi connectivity index (χ1n) is 7.07. The van der Waals surface area contributed by atoms with E-state index in [1.807, 2.05) is 13.8 Å². The smallest absolute Gasteiger partial charge is 0.326 e. The van der Waals surface area contributed by atoms with Crippen LogP contribution >= 0.6 is 0 Å². The van der Waals surface area contributed by atoms with Crippen molar-refractivity contribution in [1.29, 1.82) is 0 Å². The minimum atomic E-state index is -1.13. The van der Waals surface area contributed by atoms with Gasteiger partial charge in [-0.3, -0.25) is 19.7 Å². The molecule has 0 saturated carbocycles. The predicted octanol–water partition coefficient (Wildman–Crippen LogP) is 0.762. The number of pyridine rings is 1. The van der Waals surface area contributed by atoms with Gasteiger partial charge in [-0.05, 0) is 12.3 Å². The van der Waals surface area contributed by atoms with Gasteiger partial charge in [0.15, 0.2) is 0 Å². The standard InChI is InChI=1S/C14H19N3O6/c1-9(2)7-11(14(20)21)15-12(18)5-6-16-8-10(17(22)23)3-4-13(16)19/h3-4,8-9,11H,5-7H2,1-2H3,(H,15,18)(H,20,21). The highest BCUT2D eigenvalue weighted by Gasteiger charge is 2.21. The molecule has 0 aliphatic rings. The van der Waals surface area contributed by atoms with Gasteiger partial charge < -0.3 is 15.0 Å². The number of rotatable bonds is 8. The van der Waals surface area contributed by atoms with E-state index < -0.39 is 28.4 Å². The van der Waals surface area contributed by atoms with Crippen molar-refractivity contribution in [2.75, 3.05) is 0 Å². The molecule has 1 amide bonds. The molecule has 0 fully saturated rings. The number of nitrogens with zero attached hydrogens (tertiary/aromatic N) is 2. The lowest BCUT2D eigenvalue weighted by atomic mass is 10.0. The molecule has 2 N–H and O–H groups in total. The van der Waals surface area contributed by atoms with Crippen molar-refractivity contribution in [2.24, 2.45) is 5.92 Å². The van der Waals surface area contributed by atoms with Gasteiger partial charge in [-0.15, -0.1) is 0 Å². The van der Waals surface area contributed by atoms with Gasteiger partial charge >= 0.3 is 5.97 Å². The fourth-order valence-electron chi connectivity index (χ4n) is 1.98. The molecule has 9 nitrogen and oxygen atoms in total. The minimum absolute atomic E-state index is 0.0691. The first kappa shape index (κ1) is 18.3. The number of amides is 1. The maximum atomic E-state index is 11.8. The maximum Gasteiger partial charge on any atom is 0.326 e. The molecule has 126 valence electrons. The number of carboxylic acids is 1. The Morgan fingerprint density at radius 2 is 2.04 bits per heavy atom. The number of nitrogens with one attached hydrogen (secondary N) is 1. The molecule has 0 aliphatic carbocycles. The SMILES string of the molecule is CC(C)CC(NC(=O)CCn1cc([N+](=O)[O-])ccc1=O)C(=O)O. The summed E-state index contributed by atoms with van der Waals surface area (Å²) < 4.78 is 1.05. The van der Waals surface area contributed by atoms with E-state index in [1.54, 1.807) is 0 Å². The Balaban J connectivity index is 2.69. The highest BCUT2D eigenvalue weighted by atomic mass is 16.6. The molecule has 1 unspecified atom stereocenters. The Labute approximate surface area is 132 Å². The van der Waals surface area contributed by atoms with Gasteiger partial charge in [0.05, 0.1) is 11.1 Å². The second-order valence-electron chi connectivity index (χ2n) is 5.51. The van der Waals surface area contributed by atoms with Crippen molar-refractivity contribution < 1.29 is 19.6 Å². The number of aliphatic carboxylic acids is 1. The van der Waals surface area contributed by atoms with E-state index in [1.165, 1.54) is 0 Å². The highest BCUT2D eigenvalue weighted by Crippen LogP contribution is 2.07. The van der Waals surface area contributed by atoms with Crippen LogP contribution in [0, 0.1) is 16.0 Å². The maximum absolute atomic E-state index is 11.8. The summed E-state index contributed by atoms with van der Waals surface area (Å²) in [5.41, 5.74) is -0.728. The van der Waals surface area contributed by atoms with Crippen molar-refractivity contribution in [1.82, 2.24) is 9.88 Å². The van der Waals surface area contributed by atoms with Crippen LogP contribution in [0.15, 0.2) is 23.1 Å². The molecule has 1 rings (SSSR count). The topological polar surface area (TPSA) is 132 Å². The van der Waals surface area contributed by atoms with Crippen molar-refractivity contribution in [3.05, 3.63) is 38.8 Å². The quantitative estimate of drug-likeness (QED) is 0.536. The normalized spacial score (nSPS) is 12.0. The second-order valence-corrected chi connectivity index (χ2v) is 5.51. The van der Waals surface area contributed by atoms with Crippen LogP contribution in [0.2, 0.25) is 0 Å². The molecule has 1 atom stereocenters. The molecule has 0 spiro atoms. The number of carboxylic acid groups (broad SMARTS) is 1. The molecule has 0 saturated heterocycles. The summed E-state index contributed by atoms with van der Waals surface area (Å²) in [6.07, 6.45) is 1.19. The van der Waals surface area contributed by atoms with Crippen LogP contribution in [0.5, 0.6) is 0 Å². The fourth-order valence-corrected chi connectivity index (χ4v) is 1.98.